The number of fused-ring (bicyclic) bond motifs is 12. The lowest BCUT2D eigenvalue weighted by atomic mass is 9.32. The van der Waals surface area contributed by atoms with Gasteiger partial charge in [0.05, 0.1) is 17.4 Å². The summed E-state index contributed by atoms with van der Waals surface area (Å²) >= 11 is 0. The molecule has 0 N–H and O–H groups in total. The molecule has 0 saturated carbocycles. The fourth-order valence-electron chi connectivity index (χ4n) is 13.9. The van der Waals surface area contributed by atoms with Gasteiger partial charge in [-0.15, -0.1) is 0 Å². The van der Waals surface area contributed by atoms with Crippen LogP contribution in [0.4, 0.5) is 11.4 Å². The molecule has 5 aromatic carbocycles. The molecule has 13 rings (SSSR count). The molecule has 2 aromatic heterocycles. The van der Waals surface area contributed by atoms with Gasteiger partial charge in [0.2, 0.25) is 0 Å². The third kappa shape index (κ3) is 6.93. The van der Waals surface area contributed by atoms with E-state index in [0.717, 1.165) is 36.7 Å². The number of nitrogens with zero attached hydrogens (tertiary/aromatic N) is 3. The number of hydrogen-bond acceptors (Lipinski definition) is 3. The van der Waals surface area contributed by atoms with E-state index < -0.39 is 0 Å². The minimum Gasteiger partial charge on any atom is -0.454 e. The molecule has 6 aliphatic rings. The van der Waals surface area contributed by atoms with Gasteiger partial charge in [0, 0.05) is 67.4 Å². The zero-order valence-electron chi connectivity index (χ0n) is 46.5. The van der Waals surface area contributed by atoms with E-state index in [1.165, 1.54) is 111 Å². The number of hydrogen-bond donors (Lipinski definition) is 0. The van der Waals surface area contributed by atoms with Crippen LogP contribution in [0.1, 0.15) is 150 Å². The average Bonchev–Trinajstić information content (AvgIpc) is 4.16. The van der Waals surface area contributed by atoms with E-state index in [0.29, 0.717) is 5.92 Å². The maximum atomic E-state index is 7.14. The Kier molecular flexibility index (Phi) is 10.1. The van der Waals surface area contributed by atoms with Crippen molar-refractivity contribution < 1.29 is 4.42 Å². The first-order valence-electron chi connectivity index (χ1n) is 27.7. The Labute approximate surface area is 440 Å². The van der Waals surface area contributed by atoms with Gasteiger partial charge in [-0.2, -0.15) is 0 Å². The summed E-state index contributed by atoms with van der Waals surface area (Å²) in [5.41, 5.74) is 24.9. The fraction of sp³-hybridized carbons (Fsp3) is 0.362. The summed E-state index contributed by atoms with van der Waals surface area (Å²) in [5.74, 6) is 0.461. The van der Waals surface area contributed by atoms with Gasteiger partial charge in [-0.25, -0.2) is 0 Å². The second kappa shape index (κ2) is 15.8. The van der Waals surface area contributed by atoms with E-state index in [1.54, 1.807) is 0 Å². The van der Waals surface area contributed by atoms with Crippen LogP contribution in [0.5, 0.6) is 0 Å². The zero-order chi connectivity index (χ0) is 51.8. The highest BCUT2D eigenvalue weighted by molar-refractivity contribution is 6.95. The first-order valence-corrected chi connectivity index (χ1v) is 27.7. The zero-order valence-corrected chi connectivity index (χ0v) is 46.5. The molecule has 4 nitrogen and oxygen atoms in total. The summed E-state index contributed by atoms with van der Waals surface area (Å²) in [5, 5.41) is 3.82. The predicted octanol–water partition coefficient (Wildman–Crippen LogP) is 14.8. The summed E-state index contributed by atoms with van der Waals surface area (Å²) in [7, 11) is 0. The summed E-state index contributed by atoms with van der Waals surface area (Å²) in [4.78, 5) is 5.42. The lowest BCUT2D eigenvalue weighted by Gasteiger charge is -2.48. The monoisotopic (exact) mass is 972 g/mol. The number of furan rings is 1. The van der Waals surface area contributed by atoms with Gasteiger partial charge < -0.3 is 18.8 Å². The highest BCUT2D eigenvalue weighted by atomic mass is 16.3. The number of rotatable bonds is 4. The molecule has 2 aliphatic heterocycles. The van der Waals surface area contributed by atoms with E-state index in [9.17, 15) is 0 Å². The maximum absolute atomic E-state index is 7.14. The van der Waals surface area contributed by atoms with E-state index in [2.05, 4.69) is 245 Å². The molecule has 7 aromatic rings. The van der Waals surface area contributed by atoms with Crippen LogP contribution in [0.2, 0.25) is 0 Å². The summed E-state index contributed by atoms with van der Waals surface area (Å²) < 4.78 is 9.95. The van der Waals surface area contributed by atoms with Crippen LogP contribution >= 0.6 is 0 Å². The van der Waals surface area contributed by atoms with Gasteiger partial charge in [0.25, 0.3) is 6.71 Å². The predicted molar refractivity (Wildman–Crippen MR) is 316 cm³/mol. The first kappa shape index (κ1) is 47.3. The van der Waals surface area contributed by atoms with E-state index in [4.69, 9.17) is 4.42 Å². The van der Waals surface area contributed by atoms with Gasteiger partial charge >= 0.3 is 0 Å². The van der Waals surface area contributed by atoms with Crippen molar-refractivity contribution in [3.05, 3.63) is 183 Å². The maximum Gasteiger partial charge on any atom is 0.251 e. The normalized spacial score (nSPS) is 19.7. The van der Waals surface area contributed by atoms with Gasteiger partial charge in [0.1, 0.15) is 5.58 Å². The number of allylic oxidation sites excluding steroid dienone is 4. The summed E-state index contributed by atoms with van der Waals surface area (Å²) in [6, 6.07) is 40.2. The lowest BCUT2D eigenvalue weighted by molar-refractivity contribution is 0.293. The standard InChI is InChI=1S/C69H74BN3O/c1-65(2,3)41-26-31-45(32-27-41)71(46-33-28-42(29-34-46)66(4,5)6)47-39-57-61-58(40-47)73-62-51(60-63(73)50-21-15-17-23-52(50)69(60,13)14)36-44(68(10,11)12)37-54(62)70(61)53-35-30-43(67(7,8)9)38-56(53)72(57)55-24-19-22-49-48-20-16-18-25-59(48)74-64(49)55/h15-18,20-23,25-28,30-39,42,47H,19,24,29,40H2,1-14H3. The van der Waals surface area contributed by atoms with Crippen LogP contribution < -0.4 is 31.4 Å². The second-order valence-corrected chi connectivity index (χ2v) is 27.3. The molecule has 0 radical (unpaired) electrons. The van der Waals surface area contributed by atoms with Gasteiger partial charge in [-0.3, -0.25) is 0 Å². The third-order valence-corrected chi connectivity index (χ3v) is 18.0. The van der Waals surface area contributed by atoms with Crippen LogP contribution in [-0.2, 0) is 21.7 Å². The molecule has 0 fully saturated rings. The molecule has 0 saturated heterocycles. The van der Waals surface area contributed by atoms with Gasteiger partial charge in [-0.05, 0) is 134 Å². The summed E-state index contributed by atoms with van der Waals surface area (Å²) in [6.07, 6.45) is 16.3. The van der Waals surface area contributed by atoms with Gasteiger partial charge in [0.15, 0.2) is 5.42 Å². The van der Waals surface area contributed by atoms with E-state index in [1.807, 2.05) is 0 Å². The molecule has 4 aliphatic carbocycles. The topological polar surface area (TPSA) is 24.6 Å². The van der Waals surface area contributed by atoms with E-state index in [-0.39, 0.29) is 39.8 Å². The Hall–Kier alpha value is -6.46. The van der Waals surface area contributed by atoms with Crippen molar-refractivity contribution in [2.45, 2.75) is 150 Å². The fourth-order valence-corrected chi connectivity index (χ4v) is 13.9. The third-order valence-electron chi connectivity index (χ3n) is 18.0. The molecule has 0 amide bonds. The number of anilines is 2. The molecule has 2 atom stereocenters. The molecular weight excluding hydrogens is 898 g/mol. The first-order chi connectivity index (χ1) is 35.0. The minimum atomic E-state index is -0.198. The number of aromatic nitrogens is 1. The van der Waals surface area contributed by atoms with Gasteiger partial charge in [-0.1, -0.05) is 188 Å². The average molecular weight is 972 g/mol. The molecule has 374 valence electrons. The molecular formula is C69H74BN3O. The van der Waals surface area contributed by atoms with Crippen LogP contribution in [0.3, 0.4) is 0 Å². The van der Waals surface area contributed by atoms with Crippen LogP contribution in [0, 0.1) is 11.3 Å². The highest BCUT2D eigenvalue weighted by Crippen LogP contribution is 2.57. The Bertz CT molecular complexity index is 3810. The largest absolute Gasteiger partial charge is 0.454 e. The van der Waals surface area contributed by atoms with Crippen molar-refractivity contribution in [1.82, 2.24) is 4.57 Å². The molecule has 2 unspecified atom stereocenters. The van der Waals surface area contributed by atoms with Crippen LogP contribution in [-0.4, -0.2) is 17.3 Å². The number of para-hydroxylation sites is 1. The molecule has 5 heteroatoms. The summed E-state index contributed by atoms with van der Waals surface area (Å²) in [6.45, 7) is 33.4. The van der Waals surface area contributed by atoms with Crippen molar-refractivity contribution in [3.8, 4) is 11.3 Å². The Morgan fingerprint density at radius 3 is 2.09 bits per heavy atom. The van der Waals surface area contributed by atoms with E-state index >= 15 is 0 Å². The molecule has 4 heterocycles. The van der Waals surface area contributed by atoms with Crippen molar-refractivity contribution in [3.63, 3.8) is 0 Å². The Morgan fingerprint density at radius 2 is 1.39 bits per heavy atom. The van der Waals surface area contributed by atoms with Crippen molar-refractivity contribution in [2.75, 3.05) is 9.80 Å². The minimum absolute atomic E-state index is 0.0231. The number of benzene rings is 5. The molecule has 74 heavy (non-hydrogen) atoms. The lowest BCUT2D eigenvalue weighted by Crippen LogP contribution is -2.57. The molecule has 0 spiro atoms. The second-order valence-electron chi connectivity index (χ2n) is 27.3. The van der Waals surface area contributed by atoms with Crippen LogP contribution in [0.15, 0.2) is 149 Å². The SMILES string of the molecule is CC(C)(C)c1ccc(N(C2=CCC(C(C)(C)C)C=C2)C2C=C3C4=C(C2)n2c5c(c6cc(C(C)(C)C)cc(c62)B4c2ccc(C(C)(C)C)cc2N3C2=c3oc4ccccc4c3=CCC2)C(C)(C)c2ccccc2-5)cc1. The Balaban J connectivity index is 1.17. The van der Waals surface area contributed by atoms with Crippen molar-refractivity contribution >= 4 is 68.4 Å². The van der Waals surface area contributed by atoms with Crippen molar-refractivity contribution in [1.29, 1.82) is 0 Å². The Morgan fingerprint density at radius 1 is 0.689 bits per heavy atom. The highest BCUT2D eigenvalue weighted by Gasteiger charge is 2.51. The quantitative estimate of drug-likeness (QED) is 0.164. The molecule has 0 bridgehead atoms. The van der Waals surface area contributed by atoms with Crippen LogP contribution in [0.25, 0.3) is 50.6 Å². The smallest absolute Gasteiger partial charge is 0.251 e. The van der Waals surface area contributed by atoms with Crippen molar-refractivity contribution in [2.24, 2.45) is 11.3 Å².